The first-order chi connectivity index (χ1) is 12.0. The lowest BCUT2D eigenvalue weighted by Gasteiger charge is -2.52. The summed E-state index contributed by atoms with van der Waals surface area (Å²) >= 11 is 3.49. The number of benzene rings is 1. The van der Waals surface area contributed by atoms with Crippen LogP contribution in [0.5, 0.6) is 0 Å². The Morgan fingerprint density at radius 2 is 1.80 bits per heavy atom. The van der Waals surface area contributed by atoms with Crippen molar-refractivity contribution in [2.24, 2.45) is 5.41 Å². The number of rotatable bonds is 4. The van der Waals surface area contributed by atoms with Crippen LogP contribution in [0.4, 0.5) is 5.69 Å². The lowest BCUT2D eigenvalue weighted by atomic mass is 9.63. The normalized spacial score (nSPS) is 21.6. The van der Waals surface area contributed by atoms with Gasteiger partial charge in [-0.15, -0.1) is 0 Å². The molecule has 1 unspecified atom stereocenters. The fourth-order valence-corrected chi connectivity index (χ4v) is 4.35. The van der Waals surface area contributed by atoms with Crippen molar-refractivity contribution in [1.29, 1.82) is 0 Å². The molecule has 0 spiro atoms. The molecule has 0 saturated carbocycles. The van der Waals surface area contributed by atoms with Crippen LogP contribution in [-0.4, -0.2) is 36.3 Å². The first-order valence-electron chi connectivity index (χ1n) is 8.93. The molecule has 3 heterocycles. The zero-order valence-electron chi connectivity index (χ0n) is 14.5. The number of aromatic nitrogens is 1. The van der Waals surface area contributed by atoms with E-state index >= 15 is 0 Å². The molecule has 1 aromatic heterocycles. The maximum absolute atomic E-state index is 12.0. The summed E-state index contributed by atoms with van der Waals surface area (Å²) in [5.41, 5.74) is 1.58. The fraction of sp³-hybridized carbons (Fsp3) is 0.450. The van der Waals surface area contributed by atoms with Gasteiger partial charge >= 0.3 is 0 Å². The minimum Gasteiger partial charge on any atom is -0.380 e. The third-order valence-corrected chi connectivity index (χ3v) is 6.31. The van der Waals surface area contributed by atoms with E-state index in [2.05, 4.69) is 44.1 Å². The molecule has 25 heavy (non-hydrogen) atoms. The minimum absolute atomic E-state index is 0.258. The number of aliphatic hydroxyl groups is 1. The molecular weight excluding hydrogens is 378 g/mol. The third-order valence-electron chi connectivity index (χ3n) is 5.78. The number of anilines is 1. The van der Waals surface area contributed by atoms with Crippen molar-refractivity contribution in [1.82, 2.24) is 10.3 Å². The second-order valence-electron chi connectivity index (χ2n) is 7.51. The maximum Gasteiger partial charge on any atom is 0.124 e. The van der Waals surface area contributed by atoms with Crippen LogP contribution < -0.4 is 10.2 Å². The van der Waals surface area contributed by atoms with Gasteiger partial charge in [0.1, 0.15) is 5.60 Å². The van der Waals surface area contributed by atoms with E-state index in [1.165, 1.54) is 12.8 Å². The molecule has 2 saturated heterocycles. The van der Waals surface area contributed by atoms with Crippen LogP contribution in [0.15, 0.2) is 47.2 Å². The Hall–Kier alpha value is -1.43. The molecule has 2 fully saturated rings. The molecule has 5 heteroatoms. The number of hydrogen-bond donors (Lipinski definition) is 2. The minimum atomic E-state index is -1.07. The molecule has 4 rings (SSSR count). The molecule has 2 aliphatic heterocycles. The number of pyridine rings is 1. The standard InChI is InChI=1S/C20H24BrN3O/c1-19(13-23-14-19)20(25,15-4-6-17(21)7-5-15)16-10-18(12-22-11-16)24-8-2-3-9-24/h4-7,10-12,23,25H,2-3,8-9,13-14H2,1H3. The Kier molecular flexibility index (Phi) is 4.34. The SMILES string of the molecule is CC1(C(O)(c2ccc(Br)cc2)c2cncc(N3CCCC3)c2)CNC1. The first-order valence-corrected chi connectivity index (χ1v) is 9.72. The van der Waals surface area contributed by atoms with Crippen molar-refractivity contribution in [3.05, 3.63) is 58.3 Å². The van der Waals surface area contributed by atoms with E-state index in [1.807, 2.05) is 36.7 Å². The molecule has 0 radical (unpaired) electrons. The highest BCUT2D eigenvalue weighted by atomic mass is 79.9. The Labute approximate surface area is 157 Å². The summed E-state index contributed by atoms with van der Waals surface area (Å²) in [6.45, 7) is 5.86. The molecule has 2 N–H and O–H groups in total. The van der Waals surface area contributed by atoms with Gasteiger partial charge in [-0.1, -0.05) is 35.0 Å². The number of hydrogen-bond acceptors (Lipinski definition) is 4. The summed E-state index contributed by atoms with van der Waals surface area (Å²) in [7, 11) is 0. The fourth-order valence-electron chi connectivity index (χ4n) is 4.08. The molecule has 0 bridgehead atoms. The number of halogens is 1. The van der Waals surface area contributed by atoms with Crippen molar-refractivity contribution >= 4 is 21.6 Å². The predicted octanol–water partition coefficient (Wildman–Crippen LogP) is 3.29. The van der Waals surface area contributed by atoms with Gasteiger partial charge in [-0.3, -0.25) is 4.98 Å². The zero-order chi connectivity index (χ0) is 17.5. The van der Waals surface area contributed by atoms with Crippen LogP contribution >= 0.6 is 15.9 Å². The highest BCUT2D eigenvalue weighted by Gasteiger charge is 2.53. The van der Waals surface area contributed by atoms with Crippen LogP contribution in [0, 0.1) is 5.41 Å². The Balaban J connectivity index is 1.81. The third kappa shape index (κ3) is 2.78. The molecule has 1 atom stereocenters. The Bertz CT molecular complexity index is 754. The molecule has 4 nitrogen and oxygen atoms in total. The molecule has 2 aliphatic rings. The van der Waals surface area contributed by atoms with Crippen LogP contribution in [-0.2, 0) is 5.60 Å². The summed E-state index contributed by atoms with van der Waals surface area (Å²) < 4.78 is 1.01. The molecule has 132 valence electrons. The highest BCUT2D eigenvalue weighted by molar-refractivity contribution is 9.10. The molecule has 0 amide bonds. The van der Waals surface area contributed by atoms with E-state index in [1.54, 1.807) is 0 Å². The summed E-state index contributed by atoms with van der Waals surface area (Å²) in [5, 5.41) is 15.3. The van der Waals surface area contributed by atoms with Gasteiger partial charge < -0.3 is 15.3 Å². The van der Waals surface area contributed by atoms with Gasteiger partial charge in [-0.25, -0.2) is 0 Å². The summed E-state index contributed by atoms with van der Waals surface area (Å²) in [5.74, 6) is 0. The van der Waals surface area contributed by atoms with Gasteiger partial charge in [-0.05, 0) is 36.6 Å². The molecular formula is C20H24BrN3O. The molecule has 0 aliphatic carbocycles. The Morgan fingerprint density at radius 1 is 1.12 bits per heavy atom. The summed E-state index contributed by atoms with van der Waals surface area (Å²) in [4.78, 5) is 6.84. The smallest absolute Gasteiger partial charge is 0.124 e. The van der Waals surface area contributed by atoms with E-state index in [-0.39, 0.29) is 5.41 Å². The molecule has 1 aromatic carbocycles. The summed E-state index contributed by atoms with van der Waals surface area (Å²) in [6.07, 6.45) is 6.19. The van der Waals surface area contributed by atoms with Crippen LogP contribution in [0.1, 0.15) is 30.9 Å². The quantitative estimate of drug-likeness (QED) is 0.824. The van der Waals surface area contributed by atoms with Gasteiger partial charge in [0.05, 0.1) is 11.9 Å². The van der Waals surface area contributed by atoms with Gasteiger partial charge in [0, 0.05) is 47.8 Å². The van der Waals surface area contributed by atoms with Crippen molar-refractivity contribution in [3.63, 3.8) is 0 Å². The molecule has 2 aromatic rings. The zero-order valence-corrected chi connectivity index (χ0v) is 16.1. The second kappa shape index (κ2) is 6.38. The van der Waals surface area contributed by atoms with E-state index in [4.69, 9.17) is 0 Å². The number of nitrogens with one attached hydrogen (secondary N) is 1. The maximum atomic E-state index is 12.0. The van der Waals surface area contributed by atoms with Crippen molar-refractivity contribution in [3.8, 4) is 0 Å². The van der Waals surface area contributed by atoms with E-state index in [0.717, 1.165) is 47.5 Å². The average molecular weight is 402 g/mol. The lowest BCUT2D eigenvalue weighted by Crippen LogP contribution is -2.63. The Morgan fingerprint density at radius 3 is 2.40 bits per heavy atom. The largest absolute Gasteiger partial charge is 0.380 e. The van der Waals surface area contributed by atoms with Crippen LogP contribution in [0.25, 0.3) is 0 Å². The van der Waals surface area contributed by atoms with E-state index < -0.39 is 5.60 Å². The van der Waals surface area contributed by atoms with Gasteiger partial charge in [0.2, 0.25) is 0 Å². The topological polar surface area (TPSA) is 48.4 Å². The van der Waals surface area contributed by atoms with Gasteiger partial charge in [0.25, 0.3) is 0 Å². The predicted molar refractivity (Wildman–Crippen MR) is 104 cm³/mol. The van der Waals surface area contributed by atoms with Gasteiger partial charge in [-0.2, -0.15) is 0 Å². The van der Waals surface area contributed by atoms with Crippen LogP contribution in [0.2, 0.25) is 0 Å². The highest BCUT2D eigenvalue weighted by Crippen LogP contribution is 2.48. The lowest BCUT2D eigenvalue weighted by molar-refractivity contribution is -0.0769. The van der Waals surface area contributed by atoms with Crippen molar-refractivity contribution in [2.75, 3.05) is 31.1 Å². The van der Waals surface area contributed by atoms with E-state index in [9.17, 15) is 5.11 Å². The van der Waals surface area contributed by atoms with Crippen LogP contribution in [0.3, 0.4) is 0 Å². The summed E-state index contributed by atoms with van der Waals surface area (Å²) in [6, 6.07) is 10.1. The van der Waals surface area contributed by atoms with Crippen molar-refractivity contribution in [2.45, 2.75) is 25.4 Å². The monoisotopic (exact) mass is 401 g/mol. The second-order valence-corrected chi connectivity index (χ2v) is 8.42. The average Bonchev–Trinajstić information content (AvgIpc) is 3.14. The van der Waals surface area contributed by atoms with Crippen molar-refractivity contribution < 1.29 is 5.11 Å². The van der Waals surface area contributed by atoms with Gasteiger partial charge in [0.15, 0.2) is 0 Å². The van der Waals surface area contributed by atoms with E-state index in [0.29, 0.717) is 0 Å². The first kappa shape index (κ1) is 17.0. The number of nitrogens with zero attached hydrogens (tertiary/aromatic N) is 2.